The monoisotopic (exact) mass is 333 g/mol. The number of carbonyl (C=O) groups excluding carboxylic acids is 1. The summed E-state index contributed by atoms with van der Waals surface area (Å²) in [5.74, 6) is -0.295. The van der Waals surface area contributed by atoms with Crippen LogP contribution in [0.25, 0.3) is 0 Å². The molecular weight excluding hydrogens is 310 g/mol. The fourth-order valence-corrected chi connectivity index (χ4v) is 2.93. The normalized spacial score (nSPS) is 14.9. The van der Waals surface area contributed by atoms with Crippen LogP contribution in [-0.4, -0.2) is 30.3 Å². The number of aliphatic hydroxyl groups excluding tert-OH is 1. The quantitative estimate of drug-likeness (QED) is 0.780. The van der Waals surface area contributed by atoms with Gasteiger partial charge in [-0.15, -0.1) is 0 Å². The van der Waals surface area contributed by atoms with Crippen LogP contribution in [0.15, 0.2) is 47.2 Å². The van der Waals surface area contributed by atoms with Crippen LogP contribution in [0.2, 0.25) is 0 Å². The maximum atomic E-state index is 12.0. The number of carbonyl (C=O) groups is 1. The zero-order valence-electron chi connectivity index (χ0n) is 13.4. The molecule has 1 heterocycles. The Morgan fingerprint density at radius 2 is 1.96 bits per heavy atom. The summed E-state index contributed by atoms with van der Waals surface area (Å²) < 4.78 is 5.66. The highest BCUT2D eigenvalue weighted by Crippen LogP contribution is 2.18. The molecule has 0 aliphatic heterocycles. The van der Waals surface area contributed by atoms with Gasteiger partial charge < -0.3 is 15.2 Å². The minimum atomic E-state index is -0.722. The zero-order valence-corrected chi connectivity index (χ0v) is 14.3. The summed E-state index contributed by atoms with van der Waals surface area (Å²) in [6.07, 6.45) is -0.814. The summed E-state index contributed by atoms with van der Waals surface area (Å²) in [5, 5.41) is 16.7. The average molecular weight is 333 g/mol. The van der Waals surface area contributed by atoms with E-state index in [1.54, 1.807) is 11.3 Å². The third-order valence-electron chi connectivity index (χ3n) is 3.76. The predicted molar refractivity (Wildman–Crippen MR) is 92.6 cm³/mol. The van der Waals surface area contributed by atoms with Crippen molar-refractivity contribution in [1.82, 2.24) is 5.32 Å². The Bertz CT molecular complexity index is 586. The molecule has 4 nitrogen and oxygen atoms in total. The van der Waals surface area contributed by atoms with E-state index in [4.69, 9.17) is 4.74 Å². The van der Waals surface area contributed by atoms with Crippen molar-refractivity contribution in [3.05, 3.63) is 58.3 Å². The maximum absolute atomic E-state index is 12.0. The van der Waals surface area contributed by atoms with Crippen molar-refractivity contribution in [3.63, 3.8) is 0 Å². The third kappa shape index (κ3) is 5.46. The Balaban J connectivity index is 1.70. The predicted octanol–water partition coefficient (Wildman–Crippen LogP) is 3.11. The molecule has 1 amide bonds. The Labute approximate surface area is 141 Å². The van der Waals surface area contributed by atoms with Crippen LogP contribution in [0.3, 0.4) is 0 Å². The lowest BCUT2D eigenvalue weighted by Gasteiger charge is -2.18. The van der Waals surface area contributed by atoms with Crippen molar-refractivity contribution >= 4 is 17.2 Å². The molecule has 0 bridgehead atoms. The molecule has 2 aromatic rings. The van der Waals surface area contributed by atoms with Crippen LogP contribution in [0.4, 0.5) is 0 Å². The van der Waals surface area contributed by atoms with Crippen molar-refractivity contribution in [3.8, 4) is 0 Å². The highest BCUT2D eigenvalue weighted by atomic mass is 32.1. The summed E-state index contributed by atoms with van der Waals surface area (Å²) in [4.78, 5) is 12.0. The molecule has 0 aliphatic carbocycles. The van der Waals surface area contributed by atoms with E-state index < -0.39 is 6.10 Å². The van der Waals surface area contributed by atoms with Gasteiger partial charge in [0.15, 0.2) is 0 Å². The van der Waals surface area contributed by atoms with Crippen molar-refractivity contribution in [2.24, 2.45) is 0 Å². The molecule has 0 saturated carbocycles. The van der Waals surface area contributed by atoms with Gasteiger partial charge in [0.1, 0.15) is 0 Å². The van der Waals surface area contributed by atoms with Crippen LogP contribution in [-0.2, 0) is 9.53 Å². The number of hydrogen-bond acceptors (Lipinski definition) is 4. The third-order valence-corrected chi connectivity index (χ3v) is 4.46. The zero-order chi connectivity index (χ0) is 16.7. The smallest absolute Gasteiger partial charge is 0.227 e. The van der Waals surface area contributed by atoms with Gasteiger partial charge in [0.2, 0.25) is 5.91 Å². The maximum Gasteiger partial charge on any atom is 0.227 e. The number of ether oxygens (including phenoxy) is 1. The van der Waals surface area contributed by atoms with Crippen molar-refractivity contribution in [1.29, 1.82) is 0 Å². The molecule has 3 atom stereocenters. The van der Waals surface area contributed by atoms with Crippen LogP contribution in [0.5, 0.6) is 0 Å². The van der Waals surface area contributed by atoms with E-state index in [0.717, 1.165) is 11.1 Å². The molecule has 0 aliphatic rings. The number of nitrogens with one attached hydrogen (secondary N) is 1. The number of amides is 1. The fraction of sp³-hybridized carbons (Fsp3) is 0.389. The molecule has 0 fully saturated rings. The molecule has 5 heteroatoms. The SMILES string of the molecule is CC(OCC(O)CNC(=O)C(C)c1ccsc1)c1ccccc1. The Kier molecular flexibility index (Phi) is 6.77. The first-order valence-electron chi connectivity index (χ1n) is 7.72. The molecular formula is C18H23NO3S. The number of aliphatic hydroxyl groups is 1. The first-order chi connectivity index (χ1) is 11.1. The molecule has 0 spiro atoms. The molecule has 0 saturated heterocycles. The molecule has 124 valence electrons. The summed E-state index contributed by atoms with van der Waals surface area (Å²) in [7, 11) is 0. The number of hydrogen-bond donors (Lipinski definition) is 2. The summed E-state index contributed by atoms with van der Waals surface area (Å²) in [5.41, 5.74) is 2.06. The van der Waals surface area contributed by atoms with Gasteiger partial charge in [-0.05, 0) is 41.8 Å². The van der Waals surface area contributed by atoms with Gasteiger partial charge in [0.25, 0.3) is 0 Å². The average Bonchev–Trinajstić information content (AvgIpc) is 3.12. The lowest BCUT2D eigenvalue weighted by molar-refractivity contribution is -0.122. The summed E-state index contributed by atoms with van der Waals surface area (Å²) in [6.45, 7) is 4.18. The second-order valence-corrected chi connectivity index (χ2v) is 6.34. The number of rotatable bonds is 8. The molecule has 2 rings (SSSR count). The molecule has 3 unspecified atom stereocenters. The van der Waals surface area contributed by atoms with E-state index >= 15 is 0 Å². The minimum Gasteiger partial charge on any atom is -0.389 e. The van der Waals surface area contributed by atoms with Gasteiger partial charge in [-0.3, -0.25) is 4.79 Å². The largest absolute Gasteiger partial charge is 0.389 e. The number of benzene rings is 1. The Hall–Kier alpha value is -1.69. The van der Waals surface area contributed by atoms with Crippen molar-refractivity contribution in [2.75, 3.05) is 13.2 Å². The highest BCUT2D eigenvalue weighted by Gasteiger charge is 2.17. The second kappa shape index (κ2) is 8.82. The van der Waals surface area contributed by atoms with Crippen molar-refractivity contribution in [2.45, 2.75) is 32.0 Å². The lowest BCUT2D eigenvalue weighted by atomic mass is 10.0. The van der Waals surface area contributed by atoms with E-state index in [0.29, 0.717) is 0 Å². The molecule has 23 heavy (non-hydrogen) atoms. The first-order valence-corrected chi connectivity index (χ1v) is 8.66. The minimum absolute atomic E-state index is 0.0847. The van der Waals surface area contributed by atoms with Crippen LogP contribution < -0.4 is 5.32 Å². The highest BCUT2D eigenvalue weighted by molar-refractivity contribution is 7.08. The van der Waals surface area contributed by atoms with E-state index in [-0.39, 0.29) is 31.1 Å². The first kappa shape index (κ1) is 17.7. The standard InChI is InChI=1S/C18H23NO3S/c1-13(16-8-9-23-12-16)18(21)19-10-17(20)11-22-14(2)15-6-4-3-5-7-15/h3-9,12-14,17,20H,10-11H2,1-2H3,(H,19,21). The molecule has 1 aromatic heterocycles. The van der Waals surface area contributed by atoms with Crippen LogP contribution >= 0.6 is 11.3 Å². The van der Waals surface area contributed by atoms with E-state index in [1.807, 2.05) is 61.0 Å². The molecule has 1 aromatic carbocycles. The summed E-state index contributed by atoms with van der Waals surface area (Å²) >= 11 is 1.57. The van der Waals surface area contributed by atoms with Gasteiger partial charge in [-0.2, -0.15) is 11.3 Å². The number of thiophene rings is 1. The van der Waals surface area contributed by atoms with Gasteiger partial charge in [0, 0.05) is 6.54 Å². The van der Waals surface area contributed by atoms with Crippen LogP contribution in [0, 0.1) is 0 Å². The van der Waals surface area contributed by atoms with Gasteiger partial charge in [0.05, 0.1) is 24.7 Å². The fourth-order valence-electron chi connectivity index (χ4n) is 2.18. The Morgan fingerprint density at radius 3 is 2.61 bits per heavy atom. The van der Waals surface area contributed by atoms with Gasteiger partial charge >= 0.3 is 0 Å². The van der Waals surface area contributed by atoms with E-state index in [1.165, 1.54) is 0 Å². The van der Waals surface area contributed by atoms with Crippen molar-refractivity contribution < 1.29 is 14.6 Å². The summed E-state index contributed by atoms with van der Waals surface area (Å²) in [6, 6.07) is 11.8. The molecule has 0 radical (unpaired) electrons. The lowest BCUT2D eigenvalue weighted by Crippen LogP contribution is -2.36. The topological polar surface area (TPSA) is 58.6 Å². The van der Waals surface area contributed by atoms with Crippen LogP contribution in [0.1, 0.15) is 37.0 Å². The van der Waals surface area contributed by atoms with E-state index in [9.17, 15) is 9.90 Å². The van der Waals surface area contributed by atoms with Gasteiger partial charge in [-0.1, -0.05) is 30.3 Å². The van der Waals surface area contributed by atoms with E-state index in [2.05, 4.69) is 5.32 Å². The second-order valence-electron chi connectivity index (χ2n) is 5.56. The van der Waals surface area contributed by atoms with Gasteiger partial charge in [-0.25, -0.2) is 0 Å². The molecule has 2 N–H and O–H groups in total. The Morgan fingerprint density at radius 1 is 1.22 bits per heavy atom.